The molecule has 2 aliphatic heterocycles. The highest BCUT2D eigenvalue weighted by Crippen LogP contribution is 2.37. The molecule has 9 heteroatoms. The van der Waals surface area contributed by atoms with Crippen LogP contribution >= 0.6 is 0 Å². The average Bonchev–Trinajstić information content (AvgIpc) is 3.19. The molecule has 0 aliphatic carbocycles. The van der Waals surface area contributed by atoms with E-state index >= 15 is 0 Å². The Balaban J connectivity index is 0.000000817. The molecule has 3 heterocycles. The summed E-state index contributed by atoms with van der Waals surface area (Å²) < 4.78 is 0. The maximum absolute atomic E-state index is 10.4. The quantitative estimate of drug-likeness (QED) is 0.544. The first-order chi connectivity index (χ1) is 13.0. The van der Waals surface area contributed by atoms with Gasteiger partial charge in [-0.1, -0.05) is 13.3 Å². The van der Waals surface area contributed by atoms with Crippen LogP contribution in [0.5, 0.6) is 0 Å². The highest BCUT2D eigenvalue weighted by molar-refractivity contribution is 5.55. The van der Waals surface area contributed by atoms with Crippen molar-refractivity contribution < 1.29 is 20.1 Å². The molecular formula is C18H31N5O4. The van der Waals surface area contributed by atoms with Crippen molar-refractivity contribution >= 4 is 24.1 Å². The maximum Gasteiger partial charge on any atom is 0.290 e. The number of hydrogen-bond acceptors (Lipinski definition) is 8. The molecule has 9 nitrogen and oxygen atoms in total. The molecule has 2 fully saturated rings. The smallest absolute Gasteiger partial charge is 0.290 e. The first-order valence-electron chi connectivity index (χ1n) is 9.51. The highest BCUT2D eigenvalue weighted by Gasteiger charge is 2.42. The molecule has 0 saturated carbocycles. The summed E-state index contributed by atoms with van der Waals surface area (Å²) >= 11 is 0. The first-order valence-corrected chi connectivity index (χ1v) is 9.51. The third kappa shape index (κ3) is 4.98. The second kappa shape index (κ2) is 9.70. The fraction of sp³-hybridized carbons (Fsp3) is 0.722. The number of nitrogens with zero attached hydrogens (tertiary/aromatic N) is 4. The van der Waals surface area contributed by atoms with Crippen LogP contribution in [0.2, 0.25) is 0 Å². The summed E-state index contributed by atoms with van der Waals surface area (Å²) in [5.74, 6) is 1.96. The van der Waals surface area contributed by atoms with E-state index in [9.17, 15) is 10.2 Å². The predicted octanol–water partition coefficient (Wildman–Crippen LogP) is 0.710. The van der Waals surface area contributed by atoms with Crippen LogP contribution in [0.3, 0.4) is 0 Å². The van der Waals surface area contributed by atoms with Gasteiger partial charge in [0.1, 0.15) is 11.6 Å². The predicted molar refractivity (Wildman–Crippen MR) is 104 cm³/mol. The molecule has 0 amide bonds. The number of piperidine rings is 1. The van der Waals surface area contributed by atoms with Crippen molar-refractivity contribution in [3.8, 4) is 0 Å². The van der Waals surface area contributed by atoms with Crippen molar-refractivity contribution in [3.05, 3.63) is 6.07 Å². The summed E-state index contributed by atoms with van der Waals surface area (Å²) in [6.45, 7) is 5.13. The minimum atomic E-state index is -0.486. The fourth-order valence-corrected chi connectivity index (χ4v) is 4.03. The normalized spacial score (nSPS) is 25.1. The molecule has 0 aromatic carbocycles. The topological polar surface area (TPSA) is 136 Å². The summed E-state index contributed by atoms with van der Waals surface area (Å²) in [7, 11) is 0. The maximum atomic E-state index is 10.4. The number of hydrogen-bond donors (Lipinski definition) is 4. The molecule has 2 aliphatic rings. The lowest BCUT2D eigenvalue weighted by Crippen LogP contribution is -2.54. The Bertz CT molecular complexity index is 611. The number of aliphatic hydroxyl groups is 2. The summed E-state index contributed by atoms with van der Waals surface area (Å²) in [6.07, 6.45) is 4.23. The van der Waals surface area contributed by atoms with Gasteiger partial charge in [0, 0.05) is 37.7 Å². The second-order valence-corrected chi connectivity index (χ2v) is 7.24. The molecule has 152 valence electrons. The third-order valence-electron chi connectivity index (χ3n) is 5.42. The highest BCUT2D eigenvalue weighted by atomic mass is 16.3. The van der Waals surface area contributed by atoms with E-state index in [0.717, 1.165) is 37.6 Å². The van der Waals surface area contributed by atoms with Gasteiger partial charge in [0.25, 0.3) is 6.47 Å². The number of aromatic nitrogens is 2. The Kier molecular flexibility index (Phi) is 7.61. The van der Waals surface area contributed by atoms with Crippen molar-refractivity contribution in [2.45, 2.75) is 45.1 Å². The molecule has 1 aromatic rings. The Labute approximate surface area is 159 Å². The number of nitrogen functional groups attached to an aromatic ring is 1. The molecule has 0 bridgehead atoms. The molecule has 0 spiro atoms. The number of carbonyl (C=O) groups is 1. The number of aliphatic hydroxyl groups excluding tert-OH is 2. The van der Waals surface area contributed by atoms with Gasteiger partial charge in [-0.25, -0.2) is 0 Å². The molecule has 1 aromatic heterocycles. The summed E-state index contributed by atoms with van der Waals surface area (Å²) in [6, 6.07) is 1.99. The summed E-state index contributed by atoms with van der Waals surface area (Å²) in [5.41, 5.74) is 5.46. The van der Waals surface area contributed by atoms with E-state index in [4.69, 9.17) is 15.6 Å². The van der Waals surface area contributed by atoms with Gasteiger partial charge >= 0.3 is 0 Å². The van der Waals surface area contributed by atoms with Crippen molar-refractivity contribution in [3.63, 3.8) is 0 Å². The second-order valence-electron chi connectivity index (χ2n) is 7.24. The van der Waals surface area contributed by atoms with Crippen LogP contribution in [-0.4, -0.2) is 70.6 Å². The number of carboxylic acid groups (broad SMARTS) is 1. The van der Waals surface area contributed by atoms with Gasteiger partial charge in [-0.05, 0) is 25.7 Å². The van der Waals surface area contributed by atoms with Gasteiger partial charge in [-0.3, -0.25) is 4.79 Å². The van der Waals surface area contributed by atoms with Gasteiger partial charge in [0.15, 0.2) is 0 Å². The first kappa shape index (κ1) is 21.2. The monoisotopic (exact) mass is 381 g/mol. The molecule has 5 N–H and O–H groups in total. The lowest BCUT2D eigenvalue weighted by molar-refractivity contribution is -0.122. The van der Waals surface area contributed by atoms with Crippen molar-refractivity contribution in [1.82, 2.24) is 9.97 Å². The minimum Gasteiger partial charge on any atom is -0.483 e. The van der Waals surface area contributed by atoms with Gasteiger partial charge < -0.3 is 30.9 Å². The Morgan fingerprint density at radius 2 is 1.85 bits per heavy atom. The summed E-state index contributed by atoms with van der Waals surface area (Å²) in [5, 5.41) is 27.3. The van der Waals surface area contributed by atoms with Gasteiger partial charge in [-0.15, -0.1) is 0 Å². The largest absolute Gasteiger partial charge is 0.483 e. The van der Waals surface area contributed by atoms with E-state index in [1.165, 1.54) is 12.8 Å². The Morgan fingerprint density at radius 1 is 1.26 bits per heavy atom. The van der Waals surface area contributed by atoms with Crippen molar-refractivity contribution in [2.24, 2.45) is 5.41 Å². The molecule has 0 radical (unpaired) electrons. The van der Waals surface area contributed by atoms with E-state index in [2.05, 4.69) is 26.7 Å². The van der Waals surface area contributed by atoms with E-state index in [-0.39, 0.29) is 19.0 Å². The zero-order valence-electron chi connectivity index (χ0n) is 15.9. The Hall–Kier alpha value is -2.13. The van der Waals surface area contributed by atoms with Gasteiger partial charge in [-0.2, -0.15) is 9.97 Å². The van der Waals surface area contributed by atoms with Gasteiger partial charge in [0.05, 0.1) is 12.7 Å². The van der Waals surface area contributed by atoms with Crippen LogP contribution in [0.15, 0.2) is 6.07 Å². The molecule has 0 unspecified atom stereocenters. The molecule has 2 atom stereocenters. The van der Waals surface area contributed by atoms with E-state index in [1.54, 1.807) is 0 Å². The molecule has 2 saturated heterocycles. The summed E-state index contributed by atoms with van der Waals surface area (Å²) in [4.78, 5) is 21.5. The average molecular weight is 381 g/mol. The SMILES string of the molecule is CCC[C@@]1(CO)CN(c2cc(N3CCCC3)nc(N)n2)CC[C@@H]1O.O=CO. The van der Waals surface area contributed by atoms with Crippen LogP contribution in [0.4, 0.5) is 17.6 Å². The standard InChI is InChI=1S/C17H29N5O2.CH2O2/c1-2-6-17(12-23)11-22(9-5-13(17)24)15-10-14(19-16(18)20-15)21-7-3-4-8-21;2-1-3/h10,13,23-24H,2-9,11-12H2,1H3,(H2,18,19,20);1H,(H,2,3)/t13-,17-;/m0./s1. The van der Waals surface area contributed by atoms with Crippen molar-refractivity contribution in [2.75, 3.05) is 48.3 Å². The molecular weight excluding hydrogens is 350 g/mol. The third-order valence-corrected chi connectivity index (χ3v) is 5.42. The van der Waals surface area contributed by atoms with E-state index in [0.29, 0.717) is 19.5 Å². The number of nitrogens with two attached hydrogens (primary N) is 1. The Morgan fingerprint density at radius 3 is 2.41 bits per heavy atom. The molecule has 27 heavy (non-hydrogen) atoms. The zero-order valence-corrected chi connectivity index (χ0v) is 15.9. The molecule has 3 rings (SSSR count). The number of anilines is 3. The van der Waals surface area contributed by atoms with Crippen LogP contribution < -0.4 is 15.5 Å². The lowest BCUT2D eigenvalue weighted by atomic mass is 9.74. The van der Waals surface area contributed by atoms with E-state index < -0.39 is 11.5 Å². The minimum absolute atomic E-state index is 0.0158. The van der Waals surface area contributed by atoms with Crippen molar-refractivity contribution in [1.29, 1.82) is 0 Å². The van der Waals surface area contributed by atoms with Gasteiger partial charge in [0.2, 0.25) is 5.95 Å². The fourth-order valence-electron chi connectivity index (χ4n) is 4.03. The van der Waals surface area contributed by atoms with Crippen LogP contribution in [0, 0.1) is 5.41 Å². The van der Waals surface area contributed by atoms with Crippen LogP contribution in [0.25, 0.3) is 0 Å². The number of rotatable bonds is 5. The van der Waals surface area contributed by atoms with Crippen LogP contribution in [-0.2, 0) is 4.79 Å². The zero-order chi connectivity index (χ0) is 19.9. The van der Waals surface area contributed by atoms with Crippen LogP contribution in [0.1, 0.15) is 39.0 Å². The van der Waals surface area contributed by atoms with E-state index in [1.807, 2.05) is 6.07 Å². The lowest BCUT2D eigenvalue weighted by Gasteiger charge is -2.45.